The van der Waals surface area contributed by atoms with Crippen molar-refractivity contribution in [3.63, 3.8) is 0 Å². The van der Waals surface area contributed by atoms with Crippen molar-refractivity contribution in [3.8, 4) is 0 Å². The lowest BCUT2D eigenvalue weighted by atomic mass is 10.0. The monoisotopic (exact) mass is 248 g/mol. The molecule has 1 aliphatic carbocycles. The van der Waals surface area contributed by atoms with Gasteiger partial charge in [-0.3, -0.25) is 4.79 Å². The number of ketones is 1. The highest BCUT2D eigenvalue weighted by Crippen LogP contribution is 2.32. The average molecular weight is 249 g/mol. The zero-order valence-corrected chi connectivity index (χ0v) is 10.2. The third-order valence-electron chi connectivity index (χ3n) is 3.48. The average Bonchev–Trinajstić information content (AvgIpc) is 2.98. The molecule has 0 radical (unpaired) electrons. The van der Waals surface area contributed by atoms with Gasteiger partial charge in [0, 0.05) is 11.3 Å². The SMILES string of the molecule is O=C(c1cc2c(Cl)cccc2o1)C1CCCC1. The summed E-state index contributed by atoms with van der Waals surface area (Å²) in [5.41, 5.74) is 0.693. The summed E-state index contributed by atoms with van der Waals surface area (Å²) in [4.78, 5) is 12.2. The molecule has 2 aromatic rings. The number of halogens is 1. The molecule has 0 spiro atoms. The number of hydrogen-bond donors (Lipinski definition) is 0. The number of fused-ring (bicyclic) bond motifs is 1. The van der Waals surface area contributed by atoms with E-state index >= 15 is 0 Å². The number of furan rings is 1. The van der Waals surface area contributed by atoms with Crippen molar-refractivity contribution in [2.45, 2.75) is 25.7 Å². The molecule has 0 saturated heterocycles. The third-order valence-corrected chi connectivity index (χ3v) is 3.81. The molecular weight excluding hydrogens is 236 g/mol. The van der Waals surface area contributed by atoms with Crippen LogP contribution in [0.3, 0.4) is 0 Å². The number of carbonyl (C=O) groups excluding carboxylic acids is 1. The van der Waals surface area contributed by atoms with Crippen LogP contribution in [0.25, 0.3) is 11.0 Å². The smallest absolute Gasteiger partial charge is 0.201 e. The van der Waals surface area contributed by atoms with Crippen molar-refractivity contribution in [1.29, 1.82) is 0 Å². The van der Waals surface area contributed by atoms with Crippen LogP contribution in [0.1, 0.15) is 36.2 Å². The molecular formula is C14H13ClO2. The van der Waals surface area contributed by atoms with Crippen molar-refractivity contribution in [2.24, 2.45) is 5.92 Å². The largest absolute Gasteiger partial charge is 0.453 e. The van der Waals surface area contributed by atoms with Crippen molar-refractivity contribution in [1.82, 2.24) is 0 Å². The Hall–Kier alpha value is -1.28. The minimum Gasteiger partial charge on any atom is -0.453 e. The van der Waals surface area contributed by atoms with Gasteiger partial charge >= 0.3 is 0 Å². The van der Waals surface area contributed by atoms with Gasteiger partial charge in [0.05, 0.1) is 5.02 Å². The summed E-state index contributed by atoms with van der Waals surface area (Å²) < 4.78 is 5.59. The maximum Gasteiger partial charge on any atom is 0.201 e. The molecule has 3 heteroatoms. The molecule has 1 aromatic heterocycles. The first-order valence-electron chi connectivity index (χ1n) is 5.98. The van der Waals surface area contributed by atoms with Crippen LogP contribution in [0, 0.1) is 5.92 Å². The Kier molecular flexibility index (Phi) is 2.67. The van der Waals surface area contributed by atoms with Crippen molar-refractivity contribution in [3.05, 3.63) is 35.0 Å². The lowest BCUT2D eigenvalue weighted by molar-refractivity contribution is 0.0896. The van der Waals surface area contributed by atoms with E-state index in [9.17, 15) is 4.79 Å². The van der Waals surface area contributed by atoms with Gasteiger partial charge in [0.1, 0.15) is 5.58 Å². The zero-order valence-electron chi connectivity index (χ0n) is 9.41. The van der Waals surface area contributed by atoms with E-state index in [0.717, 1.165) is 31.1 Å². The Bertz CT molecular complexity index is 565. The first-order valence-corrected chi connectivity index (χ1v) is 6.36. The van der Waals surface area contributed by atoms with Crippen molar-refractivity contribution < 1.29 is 9.21 Å². The molecule has 3 rings (SSSR count). The van der Waals surface area contributed by atoms with E-state index in [2.05, 4.69) is 0 Å². The van der Waals surface area contributed by atoms with E-state index in [1.54, 1.807) is 6.07 Å². The topological polar surface area (TPSA) is 30.2 Å². The molecule has 1 heterocycles. The molecule has 1 fully saturated rings. The first-order chi connectivity index (χ1) is 8.25. The van der Waals surface area contributed by atoms with Crippen LogP contribution < -0.4 is 0 Å². The van der Waals surface area contributed by atoms with Crippen LogP contribution in [0.15, 0.2) is 28.7 Å². The fraction of sp³-hybridized carbons (Fsp3) is 0.357. The summed E-state index contributed by atoms with van der Waals surface area (Å²) in [6.07, 6.45) is 4.28. The van der Waals surface area contributed by atoms with Gasteiger partial charge in [-0.05, 0) is 31.0 Å². The minimum absolute atomic E-state index is 0.134. The Labute approximate surface area is 105 Å². The highest BCUT2D eigenvalue weighted by Gasteiger charge is 2.26. The second kappa shape index (κ2) is 4.19. The molecule has 0 amide bonds. The Balaban J connectivity index is 2.00. The molecule has 1 aliphatic rings. The minimum atomic E-state index is 0.134. The number of Topliss-reactive ketones (excluding diaryl/α,β-unsaturated/α-hetero) is 1. The quantitative estimate of drug-likeness (QED) is 0.735. The van der Waals surface area contributed by atoms with Crippen molar-refractivity contribution >= 4 is 28.4 Å². The van der Waals surface area contributed by atoms with E-state index in [-0.39, 0.29) is 11.7 Å². The van der Waals surface area contributed by atoms with Crippen LogP contribution in [0.5, 0.6) is 0 Å². The second-order valence-electron chi connectivity index (χ2n) is 4.61. The second-order valence-corrected chi connectivity index (χ2v) is 5.02. The molecule has 1 saturated carbocycles. The Morgan fingerprint density at radius 2 is 2.06 bits per heavy atom. The molecule has 0 bridgehead atoms. The normalized spacial score (nSPS) is 16.8. The molecule has 2 nitrogen and oxygen atoms in total. The van der Waals surface area contributed by atoms with Crippen molar-refractivity contribution in [2.75, 3.05) is 0 Å². The summed E-state index contributed by atoms with van der Waals surface area (Å²) in [6, 6.07) is 7.26. The van der Waals surface area contributed by atoms with Crippen LogP contribution in [0.2, 0.25) is 5.02 Å². The van der Waals surface area contributed by atoms with Gasteiger partial charge in [-0.2, -0.15) is 0 Å². The highest BCUT2D eigenvalue weighted by atomic mass is 35.5. The van der Waals surface area contributed by atoms with Crippen LogP contribution in [-0.4, -0.2) is 5.78 Å². The third kappa shape index (κ3) is 1.87. The molecule has 0 atom stereocenters. The lowest BCUT2D eigenvalue weighted by Crippen LogP contribution is -2.09. The maximum absolute atomic E-state index is 12.2. The van der Waals surface area contributed by atoms with Crippen LogP contribution >= 0.6 is 11.6 Å². The predicted molar refractivity (Wildman–Crippen MR) is 67.5 cm³/mol. The van der Waals surface area contributed by atoms with Crippen LogP contribution in [-0.2, 0) is 0 Å². The van der Waals surface area contributed by atoms with Crippen LogP contribution in [0.4, 0.5) is 0 Å². The van der Waals surface area contributed by atoms with Gasteiger partial charge in [0.25, 0.3) is 0 Å². The number of benzene rings is 1. The van der Waals surface area contributed by atoms with E-state index in [0.29, 0.717) is 16.4 Å². The summed E-state index contributed by atoms with van der Waals surface area (Å²) in [6.45, 7) is 0. The summed E-state index contributed by atoms with van der Waals surface area (Å²) in [5.74, 6) is 0.740. The van der Waals surface area contributed by atoms with Gasteiger partial charge in [-0.25, -0.2) is 0 Å². The number of carbonyl (C=O) groups is 1. The van der Waals surface area contributed by atoms with E-state index in [1.165, 1.54) is 0 Å². The highest BCUT2D eigenvalue weighted by molar-refractivity contribution is 6.35. The molecule has 0 unspecified atom stereocenters. The Morgan fingerprint density at radius 1 is 1.29 bits per heavy atom. The first kappa shape index (κ1) is 10.8. The standard InChI is InChI=1S/C14H13ClO2/c15-11-6-3-7-12-10(11)8-13(17-12)14(16)9-4-1-2-5-9/h3,6-9H,1-2,4-5H2. The van der Waals surface area contributed by atoms with E-state index in [4.69, 9.17) is 16.0 Å². The summed E-state index contributed by atoms with van der Waals surface area (Å²) in [7, 11) is 0. The number of rotatable bonds is 2. The van der Waals surface area contributed by atoms with Gasteiger partial charge < -0.3 is 4.42 Å². The van der Waals surface area contributed by atoms with Gasteiger partial charge in [0.2, 0.25) is 5.78 Å². The predicted octanol–water partition coefficient (Wildman–Crippen LogP) is 4.46. The zero-order chi connectivity index (χ0) is 11.8. The molecule has 1 aromatic carbocycles. The molecule has 0 N–H and O–H groups in total. The molecule has 17 heavy (non-hydrogen) atoms. The maximum atomic E-state index is 12.2. The van der Waals surface area contributed by atoms with E-state index < -0.39 is 0 Å². The molecule has 88 valence electrons. The Morgan fingerprint density at radius 3 is 2.76 bits per heavy atom. The van der Waals surface area contributed by atoms with Gasteiger partial charge in [-0.15, -0.1) is 0 Å². The number of hydrogen-bond acceptors (Lipinski definition) is 2. The fourth-order valence-electron chi connectivity index (χ4n) is 2.54. The van der Waals surface area contributed by atoms with Gasteiger partial charge in [0.15, 0.2) is 5.76 Å². The fourth-order valence-corrected chi connectivity index (χ4v) is 2.76. The lowest BCUT2D eigenvalue weighted by Gasteiger charge is -2.03. The summed E-state index contributed by atoms with van der Waals surface area (Å²) in [5, 5.41) is 1.47. The van der Waals surface area contributed by atoms with Gasteiger partial charge in [-0.1, -0.05) is 30.5 Å². The van der Waals surface area contributed by atoms with E-state index in [1.807, 2.05) is 18.2 Å². The summed E-state index contributed by atoms with van der Waals surface area (Å²) >= 11 is 6.06. The molecule has 0 aliphatic heterocycles.